The third-order valence-corrected chi connectivity index (χ3v) is 7.13. The van der Waals surface area contributed by atoms with Gasteiger partial charge in [0, 0.05) is 30.1 Å². The number of anilines is 1. The number of nitrogens with one attached hydrogen (secondary N) is 1. The molecule has 4 heterocycles. The molecule has 166 valence electrons. The van der Waals surface area contributed by atoms with Crippen LogP contribution in [0.5, 0.6) is 0 Å². The third-order valence-electron chi connectivity index (χ3n) is 5.02. The van der Waals surface area contributed by atoms with E-state index in [0.29, 0.717) is 10.9 Å². The second-order valence-corrected chi connectivity index (χ2v) is 9.38. The number of carbonyl (C=O) groups excluding carboxylic acids is 1. The Morgan fingerprint density at radius 1 is 1.24 bits per heavy atom. The van der Waals surface area contributed by atoms with Crippen LogP contribution >= 0.6 is 23.1 Å². The number of oxime groups is 1. The maximum absolute atomic E-state index is 11.6. The van der Waals surface area contributed by atoms with Crippen LogP contribution in [0.3, 0.4) is 0 Å². The average Bonchev–Trinajstić information content (AvgIpc) is 3.39. The van der Waals surface area contributed by atoms with Crippen LogP contribution in [-0.4, -0.2) is 39.0 Å². The van der Waals surface area contributed by atoms with Crippen LogP contribution in [0.25, 0.3) is 27.5 Å². The van der Waals surface area contributed by atoms with E-state index in [1.54, 1.807) is 18.0 Å². The molecule has 0 aliphatic carbocycles. The Balaban J connectivity index is 1.67. The van der Waals surface area contributed by atoms with E-state index in [9.17, 15) is 4.79 Å². The molecule has 0 unspecified atom stereocenters. The molecule has 8 nitrogen and oxygen atoms in total. The van der Waals surface area contributed by atoms with Crippen molar-refractivity contribution in [3.05, 3.63) is 59.5 Å². The summed E-state index contributed by atoms with van der Waals surface area (Å²) in [5.74, 6) is 0.574. The lowest BCUT2D eigenvalue weighted by Gasteiger charge is -2.13. The molecule has 1 amide bonds. The summed E-state index contributed by atoms with van der Waals surface area (Å²) in [5, 5.41) is 12.2. The summed E-state index contributed by atoms with van der Waals surface area (Å²) in [6, 6.07) is 12.0. The van der Waals surface area contributed by atoms with Crippen molar-refractivity contribution in [3.63, 3.8) is 0 Å². The van der Waals surface area contributed by atoms with Gasteiger partial charge in [0.25, 0.3) is 0 Å². The molecule has 0 saturated heterocycles. The first-order chi connectivity index (χ1) is 16.0. The number of thiazole rings is 1. The van der Waals surface area contributed by atoms with Gasteiger partial charge in [0.15, 0.2) is 5.13 Å². The van der Waals surface area contributed by atoms with Crippen LogP contribution < -0.4 is 5.32 Å². The number of hydrogen-bond donors (Lipinski definition) is 1. The quantitative estimate of drug-likeness (QED) is 0.325. The second-order valence-electron chi connectivity index (χ2n) is 7.40. The van der Waals surface area contributed by atoms with Crippen molar-refractivity contribution in [3.8, 4) is 27.5 Å². The van der Waals surface area contributed by atoms with Gasteiger partial charge in [-0.05, 0) is 36.8 Å². The topological polar surface area (TPSA) is 94.3 Å². The molecule has 0 fully saturated rings. The third kappa shape index (κ3) is 4.14. The zero-order valence-electron chi connectivity index (χ0n) is 18.2. The van der Waals surface area contributed by atoms with Gasteiger partial charge in [-0.25, -0.2) is 9.67 Å². The van der Waals surface area contributed by atoms with E-state index in [-0.39, 0.29) is 5.91 Å². The number of nitrogens with zero attached hydrogens (tertiary/aromatic N) is 5. The summed E-state index contributed by atoms with van der Waals surface area (Å²) >= 11 is 3.17. The van der Waals surface area contributed by atoms with Gasteiger partial charge in [-0.3, -0.25) is 9.78 Å². The van der Waals surface area contributed by atoms with Crippen LogP contribution in [0.2, 0.25) is 0 Å². The lowest BCUT2D eigenvalue weighted by atomic mass is 10.1. The molecule has 10 heteroatoms. The van der Waals surface area contributed by atoms with E-state index >= 15 is 0 Å². The minimum atomic E-state index is -0.137. The highest BCUT2D eigenvalue weighted by Crippen LogP contribution is 2.49. The smallest absolute Gasteiger partial charge is 0.223 e. The van der Waals surface area contributed by atoms with Gasteiger partial charge in [-0.15, -0.1) is 11.8 Å². The molecule has 1 aliphatic rings. The molecule has 1 N–H and O–H groups in total. The predicted octanol–water partition coefficient (Wildman–Crippen LogP) is 4.91. The van der Waals surface area contributed by atoms with E-state index < -0.39 is 0 Å². The Bertz CT molecular complexity index is 1360. The Labute approximate surface area is 198 Å². The largest absolute Gasteiger partial charge is 0.399 e. The molecule has 0 spiro atoms. The summed E-state index contributed by atoms with van der Waals surface area (Å²) in [6.07, 6.45) is 3.51. The van der Waals surface area contributed by atoms with Crippen LogP contribution in [0.1, 0.15) is 23.9 Å². The Morgan fingerprint density at radius 2 is 2.06 bits per heavy atom. The number of aromatic nitrogens is 4. The molecule has 0 saturated carbocycles. The molecule has 0 radical (unpaired) electrons. The van der Waals surface area contributed by atoms with Crippen molar-refractivity contribution in [2.75, 3.05) is 12.4 Å². The number of carbonyl (C=O) groups is 1. The maximum Gasteiger partial charge on any atom is 0.223 e. The van der Waals surface area contributed by atoms with Crippen LogP contribution in [0.4, 0.5) is 5.13 Å². The fraction of sp³-hybridized carbons (Fsp3) is 0.174. The fourth-order valence-corrected chi connectivity index (χ4v) is 5.85. The number of benzene rings is 1. The van der Waals surface area contributed by atoms with Gasteiger partial charge in [0.05, 0.1) is 27.4 Å². The van der Waals surface area contributed by atoms with Crippen molar-refractivity contribution in [1.29, 1.82) is 0 Å². The monoisotopic (exact) mass is 476 g/mol. The Kier molecular flexibility index (Phi) is 5.69. The normalized spacial score (nSPS) is 12.5. The van der Waals surface area contributed by atoms with Gasteiger partial charge < -0.3 is 10.2 Å². The molecule has 0 bridgehead atoms. The SMILES string of the molecule is CON=Cc1ccc(-n2nc(-c3ccc(C)nc3)c3c2-c2sc(NC(C)=O)nc2CS3)cc1. The molecule has 1 aromatic carbocycles. The molecule has 5 rings (SSSR count). The van der Waals surface area contributed by atoms with Crippen molar-refractivity contribution >= 4 is 40.4 Å². The number of hydrogen-bond acceptors (Lipinski definition) is 8. The van der Waals surface area contributed by atoms with E-state index in [0.717, 1.165) is 49.4 Å². The highest BCUT2D eigenvalue weighted by molar-refractivity contribution is 7.99. The van der Waals surface area contributed by atoms with Crippen LogP contribution in [0, 0.1) is 6.92 Å². The number of fused-ring (bicyclic) bond motifs is 3. The first-order valence-corrected chi connectivity index (χ1v) is 12.0. The van der Waals surface area contributed by atoms with Crippen LogP contribution in [-0.2, 0) is 15.4 Å². The zero-order valence-corrected chi connectivity index (χ0v) is 19.8. The predicted molar refractivity (Wildman–Crippen MR) is 131 cm³/mol. The van der Waals surface area contributed by atoms with Gasteiger partial charge >= 0.3 is 0 Å². The Hall–Kier alpha value is -3.50. The first-order valence-electron chi connectivity index (χ1n) is 10.2. The first kappa shape index (κ1) is 21.4. The fourth-order valence-electron chi connectivity index (χ4n) is 3.52. The highest BCUT2D eigenvalue weighted by atomic mass is 32.2. The average molecular weight is 477 g/mol. The molecule has 1 aliphatic heterocycles. The molecular weight excluding hydrogens is 456 g/mol. The molecule has 33 heavy (non-hydrogen) atoms. The summed E-state index contributed by atoms with van der Waals surface area (Å²) in [4.78, 5) is 27.6. The summed E-state index contributed by atoms with van der Waals surface area (Å²) in [6.45, 7) is 3.45. The molecule has 0 atom stereocenters. The molecule has 3 aromatic heterocycles. The second kappa shape index (κ2) is 8.80. The summed E-state index contributed by atoms with van der Waals surface area (Å²) in [7, 11) is 1.52. The number of pyridine rings is 1. The molecular formula is C23H20N6O2S2. The summed E-state index contributed by atoms with van der Waals surface area (Å²) in [5.41, 5.74) is 6.55. The molecule has 4 aromatic rings. The van der Waals surface area contributed by atoms with E-state index in [1.165, 1.54) is 25.4 Å². The van der Waals surface area contributed by atoms with Crippen molar-refractivity contribution < 1.29 is 9.63 Å². The number of aryl methyl sites for hydroxylation is 1. The van der Waals surface area contributed by atoms with E-state index in [2.05, 4.69) is 20.4 Å². The van der Waals surface area contributed by atoms with Crippen molar-refractivity contribution in [2.24, 2.45) is 5.16 Å². The van der Waals surface area contributed by atoms with Gasteiger partial charge in [-0.1, -0.05) is 28.6 Å². The maximum atomic E-state index is 11.6. The minimum absolute atomic E-state index is 0.137. The number of amides is 1. The van der Waals surface area contributed by atoms with Gasteiger partial charge in [-0.2, -0.15) is 5.10 Å². The Morgan fingerprint density at radius 3 is 2.76 bits per heavy atom. The lowest BCUT2D eigenvalue weighted by molar-refractivity contribution is -0.114. The lowest BCUT2D eigenvalue weighted by Crippen LogP contribution is -2.05. The standard InChI is InChI=1S/C23H20N6O2S2/c1-13-4-7-16(11-24-13)19-22-20(21-18(12-32-22)27-23(33-21)26-14(2)30)29(28-19)17-8-5-15(6-9-17)10-25-31-3/h4-11H,12H2,1-3H3,(H,26,27,30). The van der Waals surface area contributed by atoms with Gasteiger partial charge in [0.1, 0.15) is 18.5 Å². The highest BCUT2D eigenvalue weighted by Gasteiger charge is 2.30. The van der Waals surface area contributed by atoms with Crippen molar-refractivity contribution in [2.45, 2.75) is 24.5 Å². The van der Waals surface area contributed by atoms with Gasteiger partial charge in [0.2, 0.25) is 5.91 Å². The van der Waals surface area contributed by atoms with Crippen LogP contribution in [0.15, 0.2) is 52.6 Å². The summed E-state index contributed by atoms with van der Waals surface area (Å²) < 4.78 is 1.95. The number of rotatable bonds is 5. The minimum Gasteiger partial charge on any atom is -0.399 e. The number of thioether (sulfide) groups is 1. The van der Waals surface area contributed by atoms with E-state index in [4.69, 9.17) is 9.94 Å². The van der Waals surface area contributed by atoms with Crippen molar-refractivity contribution in [1.82, 2.24) is 19.7 Å². The zero-order chi connectivity index (χ0) is 22.9. The van der Waals surface area contributed by atoms with E-state index in [1.807, 2.05) is 54.2 Å².